The van der Waals surface area contributed by atoms with Gasteiger partial charge in [-0.25, -0.2) is 10.8 Å². The first-order valence-electron chi connectivity index (χ1n) is 5.66. The van der Waals surface area contributed by atoms with Gasteiger partial charge in [-0.05, 0) is 0 Å². The van der Waals surface area contributed by atoms with Crippen molar-refractivity contribution in [3.05, 3.63) is 28.5 Å². The Hall–Kier alpha value is -2.82. The fourth-order valence-corrected chi connectivity index (χ4v) is 1.53. The van der Waals surface area contributed by atoms with Crippen LogP contribution >= 0.6 is 0 Å². The Bertz CT molecular complexity index is 611. The van der Waals surface area contributed by atoms with Crippen molar-refractivity contribution in [3.63, 3.8) is 0 Å². The largest absolute Gasteiger partial charge is 0.364 e. The molecular weight excluding hydrogens is 266 g/mol. The number of nitrogens with two attached hydrogens (primary N) is 1. The highest BCUT2D eigenvalue weighted by Crippen LogP contribution is 2.21. The maximum Gasteiger partial charge on any atom is 0.329 e. The van der Waals surface area contributed by atoms with Crippen molar-refractivity contribution in [2.75, 3.05) is 17.3 Å². The van der Waals surface area contributed by atoms with E-state index in [2.05, 4.69) is 30.9 Å². The molecule has 20 heavy (non-hydrogen) atoms. The van der Waals surface area contributed by atoms with Crippen LogP contribution in [0.4, 0.5) is 17.5 Å². The summed E-state index contributed by atoms with van der Waals surface area (Å²) < 4.78 is 1.77. The van der Waals surface area contributed by atoms with Gasteiger partial charge in [-0.1, -0.05) is 0 Å². The molecule has 0 saturated carbocycles. The van der Waals surface area contributed by atoms with E-state index in [1.54, 1.807) is 10.9 Å². The predicted octanol–water partition coefficient (Wildman–Crippen LogP) is -0.546. The lowest BCUT2D eigenvalue weighted by Gasteiger charge is -2.07. The fraction of sp³-hybridized carbons (Fsp3) is 0.333. The van der Waals surface area contributed by atoms with E-state index in [-0.39, 0.29) is 17.5 Å². The van der Waals surface area contributed by atoms with Crippen LogP contribution in [0.3, 0.4) is 0 Å². The van der Waals surface area contributed by atoms with Crippen LogP contribution in [-0.4, -0.2) is 36.2 Å². The summed E-state index contributed by atoms with van der Waals surface area (Å²) in [7, 11) is 1.82. The molecule has 4 N–H and O–H groups in total. The number of hydrogen-bond acceptors (Lipinski definition) is 9. The molecule has 2 heterocycles. The van der Waals surface area contributed by atoms with Crippen LogP contribution < -0.4 is 16.6 Å². The lowest BCUT2D eigenvalue weighted by Crippen LogP contribution is -2.15. The summed E-state index contributed by atoms with van der Waals surface area (Å²) in [6, 6.07) is 0. The SMILES string of the molecule is Cn1cnnc1CCNc1nc(NN)ncc1[N+](=O)[O-]. The number of nitrogen functional groups attached to an aromatic ring is 1. The second-order valence-corrected chi connectivity index (χ2v) is 3.86. The third-order valence-electron chi connectivity index (χ3n) is 2.54. The molecule has 0 spiro atoms. The van der Waals surface area contributed by atoms with E-state index in [0.717, 1.165) is 12.0 Å². The van der Waals surface area contributed by atoms with E-state index >= 15 is 0 Å². The van der Waals surface area contributed by atoms with Crippen LogP contribution in [0.1, 0.15) is 5.82 Å². The Balaban J connectivity index is 2.07. The molecule has 0 aliphatic heterocycles. The lowest BCUT2D eigenvalue weighted by molar-refractivity contribution is -0.384. The summed E-state index contributed by atoms with van der Waals surface area (Å²) in [5, 5.41) is 21.4. The summed E-state index contributed by atoms with van der Waals surface area (Å²) >= 11 is 0. The van der Waals surface area contributed by atoms with Gasteiger partial charge in [0.2, 0.25) is 11.8 Å². The number of nitrogens with zero attached hydrogens (tertiary/aromatic N) is 6. The quantitative estimate of drug-likeness (QED) is 0.359. The van der Waals surface area contributed by atoms with Gasteiger partial charge in [0.05, 0.1) is 4.92 Å². The average molecular weight is 279 g/mol. The Morgan fingerprint density at radius 2 is 2.35 bits per heavy atom. The third kappa shape index (κ3) is 2.95. The Morgan fingerprint density at radius 1 is 1.55 bits per heavy atom. The van der Waals surface area contributed by atoms with Crippen LogP contribution in [0.15, 0.2) is 12.5 Å². The first kappa shape index (κ1) is 13.6. The normalized spacial score (nSPS) is 10.3. The van der Waals surface area contributed by atoms with Gasteiger partial charge in [0.1, 0.15) is 18.3 Å². The number of aromatic nitrogens is 5. The van der Waals surface area contributed by atoms with Crippen molar-refractivity contribution in [2.45, 2.75) is 6.42 Å². The number of nitrogens with one attached hydrogen (secondary N) is 2. The molecule has 0 atom stereocenters. The molecule has 2 aromatic rings. The summed E-state index contributed by atoms with van der Waals surface area (Å²) in [4.78, 5) is 17.9. The molecule has 106 valence electrons. The van der Waals surface area contributed by atoms with Gasteiger partial charge in [0.25, 0.3) is 0 Å². The van der Waals surface area contributed by atoms with Crippen molar-refractivity contribution in [1.82, 2.24) is 24.7 Å². The van der Waals surface area contributed by atoms with Gasteiger partial charge in [-0.2, -0.15) is 4.98 Å². The molecule has 2 rings (SSSR count). The Kier molecular flexibility index (Phi) is 4.00. The summed E-state index contributed by atoms with van der Waals surface area (Å²) in [5.74, 6) is 6.12. The molecule has 11 nitrogen and oxygen atoms in total. The van der Waals surface area contributed by atoms with Gasteiger partial charge >= 0.3 is 5.69 Å². The highest BCUT2D eigenvalue weighted by Gasteiger charge is 2.16. The first-order valence-corrected chi connectivity index (χ1v) is 5.66. The van der Waals surface area contributed by atoms with Crippen molar-refractivity contribution < 1.29 is 4.92 Å². The molecule has 0 aliphatic rings. The van der Waals surface area contributed by atoms with Gasteiger partial charge in [-0.15, -0.1) is 10.2 Å². The molecular formula is C9H13N9O2. The second-order valence-electron chi connectivity index (χ2n) is 3.86. The molecule has 0 fully saturated rings. The zero-order chi connectivity index (χ0) is 14.5. The molecule has 0 bridgehead atoms. The number of hydrazine groups is 1. The van der Waals surface area contributed by atoms with E-state index in [9.17, 15) is 10.1 Å². The van der Waals surface area contributed by atoms with Gasteiger partial charge in [0.15, 0.2) is 0 Å². The third-order valence-corrected chi connectivity index (χ3v) is 2.54. The number of nitro groups is 1. The van der Waals surface area contributed by atoms with E-state index in [1.165, 1.54) is 0 Å². The molecule has 0 unspecified atom stereocenters. The minimum absolute atomic E-state index is 0.0942. The summed E-state index contributed by atoms with van der Waals surface area (Å²) in [6.07, 6.45) is 3.22. The molecule has 0 amide bonds. The molecule has 11 heteroatoms. The molecule has 0 aromatic carbocycles. The van der Waals surface area contributed by atoms with E-state index in [4.69, 9.17) is 5.84 Å². The Morgan fingerprint density at radius 3 is 2.95 bits per heavy atom. The molecule has 0 saturated heterocycles. The standard InChI is InChI=1S/C9H13N9O2/c1-17-5-13-16-7(17)2-3-11-8-6(18(19)20)4-12-9(14-8)15-10/h4-5H,2-3,10H2,1H3,(H2,11,12,14,15). The number of aryl methyl sites for hydroxylation is 1. The molecule has 0 aliphatic carbocycles. The maximum absolute atomic E-state index is 10.9. The highest BCUT2D eigenvalue weighted by atomic mass is 16.6. The average Bonchev–Trinajstić information content (AvgIpc) is 2.84. The van der Waals surface area contributed by atoms with Crippen LogP contribution in [-0.2, 0) is 13.5 Å². The van der Waals surface area contributed by atoms with E-state index < -0.39 is 4.92 Å². The first-order chi connectivity index (χ1) is 9.61. The van der Waals surface area contributed by atoms with Crippen LogP contribution in [0, 0.1) is 10.1 Å². The van der Waals surface area contributed by atoms with Crippen molar-refractivity contribution in [3.8, 4) is 0 Å². The Labute approximate surface area is 113 Å². The van der Waals surface area contributed by atoms with Crippen LogP contribution in [0.25, 0.3) is 0 Å². The topological polar surface area (TPSA) is 150 Å². The van der Waals surface area contributed by atoms with Crippen molar-refractivity contribution in [2.24, 2.45) is 12.9 Å². The van der Waals surface area contributed by atoms with Gasteiger partial charge < -0.3 is 9.88 Å². The minimum Gasteiger partial charge on any atom is -0.364 e. The number of rotatable bonds is 6. The minimum atomic E-state index is -0.565. The zero-order valence-corrected chi connectivity index (χ0v) is 10.6. The maximum atomic E-state index is 10.9. The second kappa shape index (κ2) is 5.88. The monoisotopic (exact) mass is 279 g/mol. The van der Waals surface area contributed by atoms with Crippen molar-refractivity contribution >= 4 is 17.5 Å². The molecule has 0 radical (unpaired) electrons. The lowest BCUT2D eigenvalue weighted by atomic mass is 10.4. The molecule has 2 aromatic heterocycles. The summed E-state index contributed by atoms with van der Waals surface area (Å²) in [6.45, 7) is 0.411. The van der Waals surface area contributed by atoms with Gasteiger partial charge in [0, 0.05) is 20.0 Å². The van der Waals surface area contributed by atoms with E-state index in [0.29, 0.717) is 13.0 Å². The van der Waals surface area contributed by atoms with Crippen molar-refractivity contribution in [1.29, 1.82) is 0 Å². The number of anilines is 2. The van der Waals surface area contributed by atoms with E-state index in [1.807, 2.05) is 7.05 Å². The van der Waals surface area contributed by atoms with Crippen LogP contribution in [0.5, 0.6) is 0 Å². The highest BCUT2D eigenvalue weighted by molar-refractivity contribution is 5.56. The number of hydrogen-bond donors (Lipinski definition) is 3. The smallest absolute Gasteiger partial charge is 0.329 e. The van der Waals surface area contributed by atoms with Crippen LogP contribution in [0.2, 0.25) is 0 Å². The summed E-state index contributed by atoms with van der Waals surface area (Å²) in [5.41, 5.74) is 2.01. The zero-order valence-electron chi connectivity index (χ0n) is 10.6. The predicted molar refractivity (Wildman–Crippen MR) is 69.7 cm³/mol. The fourth-order valence-electron chi connectivity index (χ4n) is 1.53. The van der Waals surface area contributed by atoms with Gasteiger partial charge in [-0.3, -0.25) is 15.5 Å².